The van der Waals surface area contributed by atoms with Gasteiger partial charge in [-0.2, -0.15) is 0 Å². The highest BCUT2D eigenvalue weighted by Crippen LogP contribution is 2.35. The van der Waals surface area contributed by atoms with E-state index in [0.29, 0.717) is 0 Å². The van der Waals surface area contributed by atoms with Crippen LogP contribution in [0, 0.1) is 0 Å². The van der Waals surface area contributed by atoms with E-state index in [4.69, 9.17) is 0 Å². The Morgan fingerprint density at radius 3 is 1.60 bits per heavy atom. The molecule has 0 N–H and O–H groups in total. The summed E-state index contributed by atoms with van der Waals surface area (Å²) in [5.41, 5.74) is 6.52. The first-order valence-corrected chi connectivity index (χ1v) is 15.7. The van der Waals surface area contributed by atoms with Crippen molar-refractivity contribution in [1.29, 1.82) is 0 Å². The Labute approximate surface area is 243 Å². The van der Waals surface area contributed by atoms with Crippen molar-refractivity contribution in [3.8, 4) is 0 Å². The van der Waals surface area contributed by atoms with Gasteiger partial charge in [-0.05, 0) is 40.7 Å². The van der Waals surface area contributed by atoms with Crippen molar-refractivity contribution in [1.82, 2.24) is 9.55 Å². The maximum atomic E-state index is 4.38. The van der Waals surface area contributed by atoms with E-state index in [0.717, 1.165) is 12.8 Å². The molecule has 0 aliphatic heterocycles. The minimum atomic E-state index is -0.660. The molecule has 1 heterocycles. The van der Waals surface area contributed by atoms with E-state index in [1.165, 1.54) is 27.8 Å². The molecule has 2 nitrogen and oxygen atoms in total. The molecule has 0 bridgehead atoms. The van der Waals surface area contributed by atoms with Crippen LogP contribution in [0.5, 0.6) is 0 Å². The number of hydrogen-bond acceptors (Lipinski definition) is 1. The van der Waals surface area contributed by atoms with Gasteiger partial charge in [-0.1, -0.05) is 146 Å². The number of allylic oxidation sites excluding steroid dienone is 2. The Kier molecular flexibility index (Phi) is 10.7. The molecule has 5 aromatic rings. The van der Waals surface area contributed by atoms with Crippen molar-refractivity contribution in [2.24, 2.45) is 0 Å². The van der Waals surface area contributed by atoms with Crippen molar-refractivity contribution in [3.63, 3.8) is 0 Å². The summed E-state index contributed by atoms with van der Waals surface area (Å²) < 4.78 is 2.32. The van der Waals surface area contributed by atoms with E-state index < -0.39 is 9.52 Å². The van der Waals surface area contributed by atoms with Gasteiger partial charge in [0.1, 0.15) is 7.85 Å². The summed E-state index contributed by atoms with van der Waals surface area (Å²) >= 11 is 0. The Balaban J connectivity index is 0.000000210. The van der Waals surface area contributed by atoms with Gasteiger partial charge in [-0.15, -0.1) is 5.98 Å². The first-order chi connectivity index (χ1) is 19.7. The molecule has 4 aromatic carbocycles. The van der Waals surface area contributed by atoms with E-state index in [-0.39, 0.29) is 5.16 Å². The van der Waals surface area contributed by atoms with Crippen LogP contribution in [-0.4, -0.2) is 26.9 Å². The molecule has 200 valence electrons. The van der Waals surface area contributed by atoms with Crippen molar-refractivity contribution in [3.05, 3.63) is 180 Å². The van der Waals surface area contributed by atoms with Crippen LogP contribution in [0.3, 0.4) is 0 Å². The highest BCUT2D eigenvalue weighted by atomic mass is 28.2. The van der Waals surface area contributed by atoms with Crippen LogP contribution < -0.4 is 0 Å². The maximum Gasteiger partial charge on any atom is 0.130 e. The van der Waals surface area contributed by atoms with Gasteiger partial charge in [0.2, 0.25) is 0 Å². The Bertz CT molecular complexity index is 1380. The fraction of sp³-hybridized carbons (Fsp3) is 0.139. The van der Waals surface area contributed by atoms with Crippen LogP contribution in [-0.2, 0) is 5.16 Å². The number of nitrogens with zero attached hydrogens (tertiary/aromatic N) is 2. The molecule has 0 unspecified atom stereocenters. The molecular weight excluding hydrogens is 499 g/mol. The van der Waals surface area contributed by atoms with Crippen molar-refractivity contribution in [2.75, 3.05) is 0 Å². The summed E-state index contributed by atoms with van der Waals surface area (Å²) in [6.07, 6.45) is 10.6. The number of hydrogen-bond donors (Lipinski definition) is 0. The third-order valence-electron chi connectivity index (χ3n) is 7.34. The van der Waals surface area contributed by atoms with Gasteiger partial charge >= 0.3 is 0 Å². The monoisotopic (exact) mass is 538 g/mol. The molecule has 0 radical (unpaired) electrons. The fourth-order valence-corrected chi connectivity index (χ4v) is 7.96. The summed E-state index contributed by atoms with van der Waals surface area (Å²) in [5.74, 6) is 2.16. The Morgan fingerprint density at radius 1 is 0.750 bits per heavy atom. The van der Waals surface area contributed by atoms with Crippen molar-refractivity contribution >= 4 is 22.9 Å². The second-order valence-corrected chi connectivity index (χ2v) is 12.1. The van der Waals surface area contributed by atoms with Gasteiger partial charge in [0.15, 0.2) is 0 Å². The van der Waals surface area contributed by atoms with Gasteiger partial charge in [0.05, 0.1) is 21.0 Å². The third-order valence-corrected chi connectivity index (χ3v) is 10.3. The van der Waals surface area contributed by atoms with Crippen LogP contribution >= 0.6 is 0 Å². The first kappa shape index (κ1) is 28.8. The summed E-state index contributed by atoms with van der Waals surface area (Å²) in [7, 11) is 1.42. The molecule has 0 spiro atoms. The zero-order valence-electron chi connectivity index (χ0n) is 23.9. The Hall–Kier alpha value is -4.15. The maximum absolute atomic E-state index is 4.38. The van der Waals surface area contributed by atoms with Gasteiger partial charge in [-0.3, -0.25) is 0 Å². The van der Waals surface area contributed by atoms with Gasteiger partial charge in [0.25, 0.3) is 0 Å². The van der Waals surface area contributed by atoms with E-state index in [1.54, 1.807) is 5.20 Å². The molecule has 40 heavy (non-hydrogen) atoms. The standard InChI is InChI=1S/C22H26N2Si.C14H13B/c1-3-11-21(4-2)25-22(24-17-16-23-18-24,19-12-7-5-8-13-19)20-14-9-6-10-15-20;15-11-14(12-7-3-1-4-8-12)13-9-5-2-6-10-13/h5-18H,3-4,25H2,1-2H3;1-11H,15H2. The van der Waals surface area contributed by atoms with E-state index in [2.05, 4.69) is 159 Å². The lowest BCUT2D eigenvalue weighted by Gasteiger charge is -2.37. The minimum absolute atomic E-state index is 0.143. The number of rotatable bonds is 9. The highest BCUT2D eigenvalue weighted by Gasteiger charge is 2.36. The molecule has 0 aliphatic rings. The largest absolute Gasteiger partial charge is 0.326 e. The average Bonchev–Trinajstić information content (AvgIpc) is 3.58. The molecule has 0 aliphatic carbocycles. The molecule has 0 amide bonds. The second kappa shape index (κ2) is 14.9. The average molecular weight is 539 g/mol. The predicted octanol–water partition coefficient (Wildman–Crippen LogP) is 7.21. The summed E-state index contributed by atoms with van der Waals surface area (Å²) in [6, 6.07) is 42.8. The topological polar surface area (TPSA) is 17.8 Å². The molecule has 5 rings (SSSR count). The van der Waals surface area contributed by atoms with E-state index in [9.17, 15) is 0 Å². The lowest BCUT2D eigenvalue weighted by Crippen LogP contribution is -2.42. The van der Waals surface area contributed by atoms with Gasteiger partial charge in [-0.25, -0.2) is 4.98 Å². The number of imidazole rings is 1. The quantitative estimate of drug-likeness (QED) is 0.181. The SMILES string of the molecule is BC=C(c1ccccc1)c1ccccc1.CCC=C(CC)[SiH2]C(c1ccccc1)(c1ccccc1)n1ccnc1. The van der Waals surface area contributed by atoms with Crippen LogP contribution in [0.1, 0.15) is 48.9 Å². The smallest absolute Gasteiger partial charge is 0.130 e. The highest BCUT2D eigenvalue weighted by molar-refractivity contribution is 6.50. The summed E-state index contributed by atoms with van der Waals surface area (Å²) in [6.45, 7) is 4.51. The Morgan fingerprint density at radius 2 is 1.23 bits per heavy atom. The number of aromatic nitrogens is 2. The lowest BCUT2D eigenvalue weighted by molar-refractivity contribution is 0.594. The van der Waals surface area contributed by atoms with E-state index in [1.807, 2.05) is 24.7 Å². The second-order valence-electron chi connectivity index (χ2n) is 9.80. The van der Waals surface area contributed by atoms with Crippen LogP contribution in [0.2, 0.25) is 0 Å². The zero-order chi connectivity index (χ0) is 28.0. The van der Waals surface area contributed by atoms with Gasteiger partial charge in [0, 0.05) is 12.4 Å². The molecular formula is C36H39BN2Si. The molecule has 0 saturated carbocycles. The molecule has 1 aromatic heterocycles. The molecule has 4 heteroatoms. The molecule has 0 saturated heterocycles. The van der Waals surface area contributed by atoms with Crippen LogP contribution in [0.25, 0.3) is 5.57 Å². The predicted molar refractivity (Wildman–Crippen MR) is 177 cm³/mol. The lowest BCUT2D eigenvalue weighted by atomic mass is 9.92. The fourth-order valence-electron chi connectivity index (χ4n) is 5.37. The zero-order valence-corrected chi connectivity index (χ0v) is 25.4. The van der Waals surface area contributed by atoms with Crippen molar-refractivity contribution < 1.29 is 0 Å². The molecule has 0 atom stereocenters. The van der Waals surface area contributed by atoms with Crippen LogP contribution in [0.4, 0.5) is 0 Å². The minimum Gasteiger partial charge on any atom is -0.326 e. The van der Waals surface area contributed by atoms with E-state index >= 15 is 0 Å². The molecule has 0 fully saturated rings. The summed E-state index contributed by atoms with van der Waals surface area (Å²) in [4.78, 5) is 4.38. The number of benzene rings is 4. The third kappa shape index (κ3) is 6.88. The first-order valence-electron chi connectivity index (χ1n) is 14.3. The van der Waals surface area contributed by atoms with Crippen LogP contribution in [0.15, 0.2) is 157 Å². The normalized spacial score (nSPS) is 11.6. The summed E-state index contributed by atoms with van der Waals surface area (Å²) in [5, 5.41) is 1.47. The van der Waals surface area contributed by atoms with Crippen molar-refractivity contribution in [2.45, 2.75) is 31.9 Å². The van der Waals surface area contributed by atoms with Gasteiger partial charge < -0.3 is 4.57 Å².